The molecular formula is C9H17N. The van der Waals surface area contributed by atoms with Crippen molar-refractivity contribution < 1.29 is 0 Å². The highest BCUT2D eigenvalue weighted by Crippen LogP contribution is 2.13. The van der Waals surface area contributed by atoms with Gasteiger partial charge in [-0.1, -0.05) is 32.1 Å². The summed E-state index contributed by atoms with van der Waals surface area (Å²) in [4.78, 5) is 0. The van der Waals surface area contributed by atoms with E-state index in [1.54, 1.807) is 0 Å². The van der Waals surface area contributed by atoms with Gasteiger partial charge in [0, 0.05) is 6.54 Å². The molecule has 10 heavy (non-hydrogen) atoms. The van der Waals surface area contributed by atoms with Crippen molar-refractivity contribution in [3.8, 4) is 0 Å². The minimum absolute atomic E-state index is 0.580. The Morgan fingerprint density at radius 3 is 2.20 bits per heavy atom. The fraction of sp³-hybridized carbons (Fsp3) is 0.556. The van der Waals surface area contributed by atoms with Crippen molar-refractivity contribution in [1.82, 2.24) is 0 Å². The fourth-order valence-electron chi connectivity index (χ4n) is 0.776. The van der Waals surface area contributed by atoms with Crippen molar-refractivity contribution in [3.05, 3.63) is 23.8 Å². The topological polar surface area (TPSA) is 26.0 Å². The molecule has 0 radical (unpaired) electrons. The van der Waals surface area contributed by atoms with Gasteiger partial charge in [0.2, 0.25) is 0 Å². The zero-order valence-electron chi connectivity index (χ0n) is 7.15. The summed E-state index contributed by atoms with van der Waals surface area (Å²) in [6.07, 6.45) is 1.84. The molecule has 1 heteroatoms. The smallest absolute Gasteiger partial charge is 0.0177 e. The Balaban J connectivity index is 4.42. The van der Waals surface area contributed by atoms with Gasteiger partial charge < -0.3 is 5.73 Å². The molecule has 0 saturated carbocycles. The number of hydrogen-bond acceptors (Lipinski definition) is 1. The fourth-order valence-corrected chi connectivity index (χ4v) is 0.776. The van der Waals surface area contributed by atoms with Gasteiger partial charge in [-0.2, -0.15) is 0 Å². The van der Waals surface area contributed by atoms with E-state index in [1.807, 2.05) is 6.08 Å². The lowest BCUT2D eigenvalue weighted by molar-refractivity contribution is 0.756. The van der Waals surface area contributed by atoms with E-state index in [4.69, 9.17) is 5.73 Å². The first kappa shape index (κ1) is 9.44. The molecule has 0 fully saturated rings. The second-order valence-corrected chi connectivity index (χ2v) is 2.77. The van der Waals surface area contributed by atoms with Crippen molar-refractivity contribution in [2.75, 3.05) is 6.54 Å². The zero-order chi connectivity index (χ0) is 8.15. The van der Waals surface area contributed by atoms with Crippen LogP contribution in [0.1, 0.15) is 20.8 Å². The zero-order valence-corrected chi connectivity index (χ0v) is 7.15. The van der Waals surface area contributed by atoms with Crippen molar-refractivity contribution in [2.24, 2.45) is 11.7 Å². The minimum atomic E-state index is 0.580. The number of hydrogen-bond donors (Lipinski definition) is 1. The highest BCUT2D eigenvalue weighted by molar-refractivity contribution is 5.24. The Labute approximate surface area is 63.6 Å². The van der Waals surface area contributed by atoms with Gasteiger partial charge in [-0.15, -0.1) is 0 Å². The molecular weight excluding hydrogens is 122 g/mol. The molecule has 0 unspecified atom stereocenters. The van der Waals surface area contributed by atoms with Gasteiger partial charge in [0.05, 0.1) is 0 Å². The lowest BCUT2D eigenvalue weighted by Gasteiger charge is -2.09. The van der Waals surface area contributed by atoms with Crippen LogP contribution in [0.25, 0.3) is 0 Å². The quantitative estimate of drug-likeness (QED) is 0.595. The van der Waals surface area contributed by atoms with E-state index in [-0.39, 0.29) is 0 Å². The molecule has 0 saturated heterocycles. The maximum absolute atomic E-state index is 5.49. The third-order valence-corrected chi connectivity index (χ3v) is 1.84. The first-order valence-electron chi connectivity index (χ1n) is 3.65. The number of rotatable bonds is 3. The van der Waals surface area contributed by atoms with Crippen molar-refractivity contribution in [1.29, 1.82) is 0 Å². The first-order chi connectivity index (χ1) is 4.63. The molecule has 0 aliphatic heterocycles. The van der Waals surface area contributed by atoms with Crippen molar-refractivity contribution in [2.45, 2.75) is 20.8 Å². The maximum atomic E-state index is 5.49. The Bertz CT molecular complexity index is 143. The number of nitrogens with two attached hydrogens (primary N) is 1. The van der Waals surface area contributed by atoms with Crippen LogP contribution >= 0.6 is 0 Å². The molecule has 1 nitrogen and oxygen atoms in total. The highest BCUT2D eigenvalue weighted by atomic mass is 14.5. The van der Waals surface area contributed by atoms with Crippen molar-refractivity contribution in [3.63, 3.8) is 0 Å². The van der Waals surface area contributed by atoms with E-state index >= 15 is 0 Å². The summed E-state index contributed by atoms with van der Waals surface area (Å²) < 4.78 is 0. The minimum Gasteiger partial charge on any atom is -0.326 e. The molecule has 0 aromatic heterocycles. The summed E-state index contributed by atoms with van der Waals surface area (Å²) in [6, 6.07) is 0. The van der Waals surface area contributed by atoms with Gasteiger partial charge >= 0.3 is 0 Å². The molecule has 0 spiro atoms. The average Bonchev–Trinajstić information content (AvgIpc) is 1.90. The molecule has 0 rings (SSSR count). The lowest BCUT2D eigenvalue weighted by atomic mass is 9.99. The maximum Gasteiger partial charge on any atom is 0.0177 e. The van der Waals surface area contributed by atoms with E-state index in [0.717, 1.165) is 0 Å². The van der Waals surface area contributed by atoms with Crippen LogP contribution in [0, 0.1) is 5.92 Å². The highest BCUT2D eigenvalue weighted by Gasteiger charge is 2.00. The normalized spacial score (nSPS) is 13.3. The third-order valence-electron chi connectivity index (χ3n) is 1.84. The summed E-state index contributed by atoms with van der Waals surface area (Å²) in [5, 5.41) is 0. The van der Waals surface area contributed by atoms with Crippen LogP contribution in [-0.2, 0) is 0 Å². The molecule has 0 bridgehead atoms. The van der Waals surface area contributed by atoms with Gasteiger partial charge in [-0.05, 0) is 18.4 Å². The summed E-state index contributed by atoms with van der Waals surface area (Å²) in [7, 11) is 0. The van der Waals surface area contributed by atoms with Crippen LogP contribution in [0.4, 0.5) is 0 Å². The SMILES string of the molecule is C=C/C(CN)=C(/C)C(C)C. The Hall–Kier alpha value is -0.560. The Morgan fingerprint density at radius 2 is 2.10 bits per heavy atom. The second-order valence-electron chi connectivity index (χ2n) is 2.77. The van der Waals surface area contributed by atoms with E-state index in [9.17, 15) is 0 Å². The second kappa shape index (κ2) is 4.29. The van der Waals surface area contributed by atoms with E-state index < -0.39 is 0 Å². The van der Waals surface area contributed by atoms with Crippen LogP contribution in [0.3, 0.4) is 0 Å². The van der Waals surface area contributed by atoms with Crippen LogP contribution in [0.15, 0.2) is 23.8 Å². The van der Waals surface area contributed by atoms with Crippen LogP contribution in [0.2, 0.25) is 0 Å². The molecule has 0 atom stereocenters. The molecule has 0 heterocycles. The summed E-state index contributed by atoms with van der Waals surface area (Å²) in [5.74, 6) is 0.580. The average molecular weight is 139 g/mol. The molecule has 2 N–H and O–H groups in total. The monoisotopic (exact) mass is 139 g/mol. The van der Waals surface area contributed by atoms with Gasteiger partial charge in [-0.3, -0.25) is 0 Å². The van der Waals surface area contributed by atoms with Gasteiger partial charge in [0.15, 0.2) is 0 Å². The number of allylic oxidation sites excluding steroid dienone is 1. The van der Waals surface area contributed by atoms with Crippen LogP contribution < -0.4 is 5.73 Å². The van der Waals surface area contributed by atoms with Crippen LogP contribution in [-0.4, -0.2) is 6.54 Å². The van der Waals surface area contributed by atoms with Crippen molar-refractivity contribution >= 4 is 0 Å². The predicted molar refractivity (Wildman–Crippen MR) is 46.8 cm³/mol. The van der Waals surface area contributed by atoms with E-state index in [2.05, 4.69) is 27.4 Å². The van der Waals surface area contributed by atoms with Gasteiger partial charge in [-0.25, -0.2) is 0 Å². The molecule has 0 aliphatic carbocycles. The standard InChI is InChI=1S/C9H17N/c1-5-9(6-10)8(4)7(2)3/h5,7H,1,6,10H2,2-4H3/b9-8+. The molecule has 58 valence electrons. The Kier molecular flexibility index (Phi) is 4.05. The third kappa shape index (κ3) is 2.36. The molecule has 0 aromatic rings. The van der Waals surface area contributed by atoms with E-state index in [0.29, 0.717) is 12.5 Å². The molecule has 0 amide bonds. The van der Waals surface area contributed by atoms with Gasteiger partial charge in [0.1, 0.15) is 0 Å². The van der Waals surface area contributed by atoms with Gasteiger partial charge in [0.25, 0.3) is 0 Å². The summed E-state index contributed by atoms with van der Waals surface area (Å²) >= 11 is 0. The molecule has 0 aromatic carbocycles. The van der Waals surface area contributed by atoms with E-state index in [1.165, 1.54) is 11.1 Å². The molecule has 0 aliphatic rings. The summed E-state index contributed by atoms with van der Waals surface area (Å²) in [5.41, 5.74) is 8.01. The Morgan fingerprint density at radius 1 is 1.60 bits per heavy atom. The first-order valence-corrected chi connectivity index (χ1v) is 3.65. The van der Waals surface area contributed by atoms with Crippen LogP contribution in [0.5, 0.6) is 0 Å². The predicted octanol–water partition coefficient (Wildman–Crippen LogP) is 2.10. The largest absolute Gasteiger partial charge is 0.326 e. The summed E-state index contributed by atoms with van der Waals surface area (Å²) in [6.45, 7) is 10.7. The lowest BCUT2D eigenvalue weighted by Crippen LogP contribution is -2.05.